The quantitative estimate of drug-likeness (QED) is 0.838. The van der Waals surface area contributed by atoms with E-state index in [-0.39, 0.29) is 0 Å². The summed E-state index contributed by atoms with van der Waals surface area (Å²) in [6.07, 6.45) is 2.02. The van der Waals surface area contributed by atoms with Gasteiger partial charge in [0.2, 0.25) is 0 Å². The Morgan fingerprint density at radius 1 is 1.47 bits per heavy atom. The van der Waals surface area contributed by atoms with Gasteiger partial charge in [-0.3, -0.25) is 9.58 Å². The topological polar surface area (TPSA) is 33.1 Å². The van der Waals surface area contributed by atoms with Crippen molar-refractivity contribution in [3.05, 3.63) is 18.0 Å². The zero-order valence-corrected chi connectivity index (χ0v) is 11.4. The fourth-order valence-corrected chi connectivity index (χ4v) is 2.55. The van der Waals surface area contributed by atoms with E-state index in [4.69, 9.17) is 0 Å². The van der Waals surface area contributed by atoms with E-state index in [1.807, 2.05) is 17.9 Å². The molecule has 0 aliphatic carbocycles. The minimum Gasteiger partial charge on any atom is -0.314 e. The van der Waals surface area contributed by atoms with Gasteiger partial charge in [0.1, 0.15) is 0 Å². The van der Waals surface area contributed by atoms with Gasteiger partial charge >= 0.3 is 0 Å². The maximum atomic E-state index is 4.48. The van der Waals surface area contributed by atoms with Crippen LogP contribution in [0, 0.1) is 5.41 Å². The summed E-state index contributed by atoms with van der Waals surface area (Å²) in [5.74, 6) is 0. The van der Waals surface area contributed by atoms with Crippen molar-refractivity contribution >= 4 is 0 Å². The van der Waals surface area contributed by atoms with Crippen LogP contribution in [0.5, 0.6) is 0 Å². The third-order valence-electron chi connectivity index (χ3n) is 3.49. The van der Waals surface area contributed by atoms with Crippen LogP contribution in [0.1, 0.15) is 26.5 Å². The molecule has 0 bridgehead atoms. The molecule has 1 N–H and O–H groups in total. The highest BCUT2D eigenvalue weighted by molar-refractivity contribution is 5.00. The molecule has 2 heterocycles. The van der Waals surface area contributed by atoms with Crippen LogP contribution < -0.4 is 5.32 Å². The Hall–Kier alpha value is -0.870. The Kier molecular flexibility index (Phi) is 3.54. The van der Waals surface area contributed by atoms with E-state index >= 15 is 0 Å². The van der Waals surface area contributed by atoms with E-state index in [9.17, 15) is 0 Å². The van der Waals surface area contributed by atoms with Gasteiger partial charge in [-0.05, 0) is 11.5 Å². The van der Waals surface area contributed by atoms with Crippen LogP contribution in [0.25, 0.3) is 0 Å². The minimum absolute atomic E-state index is 0.308. The predicted octanol–water partition coefficient (Wildman–Crippen LogP) is 1.24. The molecule has 17 heavy (non-hydrogen) atoms. The largest absolute Gasteiger partial charge is 0.314 e. The van der Waals surface area contributed by atoms with Crippen LogP contribution in [-0.4, -0.2) is 40.4 Å². The van der Waals surface area contributed by atoms with E-state index in [2.05, 4.69) is 42.2 Å². The van der Waals surface area contributed by atoms with Crippen molar-refractivity contribution in [3.8, 4) is 0 Å². The maximum absolute atomic E-state index is 4.48. The van der Waals surface area contributed by atoms with Gasteiger partial charge in [-0.15, -0.1) is 0 Å². The number of aryl methyl sites for hydroxylation is 1. The first kappa shape index (κ1) is 12.6. The van der Waals surface area contributed by atoms with Crippen molar-refractivity contribution in [3.63, 3.8) is 0 Å². The van der Waals surface area contributed by atoms with E-state index in [0.717, 1.165) is 26.2 Å². The molecule has 1 aliphatic heterocycles. The molecule has 0 saturated carbocycles. The van der Waals surface area contributed by atoms with Gasteiger partial charge in [-0.2, -0.15) is 5.10 Å². The Morgan fingerprint density at radius 2 is 2.24 bits per heavy atom. The zero-order chi connectivity index (χ0) is 12.5. The Bertz CT molecular complexity index is 364. The smallest absolute Gasteiger partial charge is 0.0764 e. The molecule has 1 unspecified atom stereocenters. The molecule has 4 heteroatoms. The molecular weight excluding hydrogens is 212 g/mol. The van der Waals surface area contributed by atoms with Gasteiger partial charge in [0.25, 0.3) is 0 Å². The SMILES string of the molecule is Cn1ccc(CN2CCNCC2C(C)(C)C)n1. The number of piperazine rings is 1. The average molecular weight is 236 g/mol. The number of nitrogens with zero attached hydrogens (tertiary/aromatic N) is 3. The van der Waals surface area contributed by atoms with Crippen LogP contribution in [0.3, 0.4) is 0 Å². The van der Waals surface area contributed by atoms with Crippen molar-refractivity contribution in [2.75, 3.05) is 19.6 Å². The summed E-state index contributed by atoms with van der Waals surface area (Å²) >= 11 is 0. The summed E-state index contributed by atoms with van der Waals surface area (Å²) in [5.41, 5.74) is 1.48. The summed E-state index contributed by atoms with van der Waals surface area (Å²) < 4.78 is 1.88. The number of hydrogen-bond acceptors (Lipinski definition) is 3. The Morgan fingerprint density at radius 3 is 2.82 bits per heavy atom. The lowest BCUT2D eigenvalue weighted by atomic mass is 9.84. The second-order valence-electron chi connectivity index (χ2n) is 6.04. The van der Waals surface area contributed by atoms with Crippen molar-refractivity contribution in [2.45, 2.75) is 33.4 Å². The molecular formula is C13H24N4. The van der Waals surface area contributed by atoms with Gasteiger partial charge in [-0.25, -0.2) is 0 Å². The first-order valence-corrected chi connectivity index (χ1v) is 6.40. The highest BCUT2D eigenvalue weighted by Crippen LogP contribution is 2.26. The van der Waals surface area contributed by atoms with E-state index in [1.165, 1.54) is 5.69 Å². The molecule has 1 aromatic rings. The monoisotopic (exact) mass is 236 g/mol. The number of rotatable bonds is 2. The number of aromatic nitrogens is 2. The number of hydrogen-bond donors (Lipinski definition) is 1. The standard InChI is InChI=1S/C13H24N4/c1-13(2,3)12-9-14-6-8-17(12)10-11-5-7-16(4)15-11/h5,7,12,14H,6,8-10H2,1-4H3. The molecule has 1 saturated heterocycles. The average Bonchev–Trinajstić information content (AvgIpc) is 2.63. The molecule has 1 atom stereocenters. The summed E-state index contributed by atoms with van der Waals surface area (Å²) in [6.45, 7) is 11.2. The summed E-state index contributed by atoms with van der Waals surface area (Å²) in [5, 5.41) is 7.97. The molecule has 1 aliphatic rings. The predicted molar refractivity (Wildman–Crippen MR) is 69.7 cm³/mol. The van der Waals surface area contributed by atoms with E-state index in [1.54, 1.807) is 0 Å². The Balaban J connectivity index is 2.06. The molecule has 2 rings (SSSR count). The van der Waals surface area contributed by atoms with Crippen molar-refractivity contribution in [1.82, 2.24) is 20.0 Å². The fourth-order valence-electron chi connectivity index (χ4n) is 2.55. The maximum Gasteiger partial charge on any atom is 0.0764 e. The van der Waals surface area contributed by atoms with Crippen LogP contribution in [0.4, 0.5) is 0 Å². The summed E-state index contributed by atoms with van der Waals surface area (Å²) in [7, 11) is 1.97. The lowest BCUT2D eigenvalue weighted by Crippen LogP contribution is -2.56. The molecule has 1 fully saturated rings. The van der Waals surface area contributed by atoms with Gasteiger partial charge in [0.05, 0.1) is 5.69 Å². The molecule has 96 valence electrons. The molecule has 4 nitrogen and oxygen atoms in total. The van der Waals surface area contributed by atoms with Crippen LogP contribution in [0.2, 0.25) is 0 Å². The fraction of sp³-hybridized carbons (Fsp3) is 0.769. The van der Waals surface area contributed by atoms with Gasteiger partial charge in [0.15, 0.2) is 0 Å². The summed E-state index contributed by atoms with van der Waals surface area (Å²) in [6, 6.07) is 2.69. The second kappa shape index (κ2) is 4.78. The third kappa shape index (κ3) is 3.07. The minimum atomic E-state index is 0.308. The van der Waals surface area contributed by atoms with Crippen molar-refractivity contribution in [2.24, 2.45) is 12.5 Å². The van der Waals surface area contributed by atoms with Gasteiger partial charge in [0, 0.05) is 45.5 Å². The molecule has 1 aromatic heterocycles. The molecule has 0 aromatic carbocycles. The van der Waals surface area contributed by atoms with Crippen molar-refractivity contribution < 1.29 is 0 Å². The molecule has 0 spiro atoms. The Labute approximate surface area is 104 Å². The number of nitrogens with one attached hydrogen (secondary N) is 1. The third-order valence-corrected chi connectivity index (χ3v) is 3.49. The van der Waals surface area contributed by atoms with E-state index < -0.39 is 0 Å². The zero-order valence-electron chi connectivity index (χ0n) is 11.4. The van der Waals surface area contributed by atoms with Crippen LogP contribution in [-0.2, 0) is 13.6 Å². The first-order chi connectivity index (χ1) is 7.97. The lowest BCUT2D eigenvalue weighted by Gasteiger charge is -2.43. The molecule has 0 amide bonds. The van der Waals surface area contributed by atoms with Crippen LogP contribution >= 0.6 is 0 Å². The highest BCUT2D eigenvalue weighted by atomic mass is 15.3. The normalized spacial score (nSPS) is 22.9. The second-order valence-corrected chi connectivity index (χ2v) is 6.04. The summed E-state index contributed by atoms with van der Waals surface area (Å²) in [4.78, 5) is 2.55. The first-order valence-electron chi connectivity index (χ1n) is 6.40. The van der Waals surface area contributed by atoms with Gasteiger partial charge < -0.3 is 5.32 Å². The highest BCUT2D eigenvalue weighted by Gasteiger charge is 2.32. The van der Waals surface area contributed by atoms with E-state index in [0.29, 0.717) is 11.5 Å². The van der Waals surface area contributed by atoms with Gasteiger partial charge in [-0.1, -0.05) is 20.8 Å². The molecule has 0 radical (unpaired) electrons. The lowest BCUT2D eigenvalue weighted by molar-refractivity contribution is 0.0677. The van der Waals surface area contributed by atoms with Crippen molar-refractivity contribution in [1.29, 1.82) is 0 Å². The van der Waals surface area contributed by atoms with Crippen LogP contribution in [0.15, 0.2) is 12.3 Å².